The van der Waals surface area contributed by atoms with Gasteiger partial charge in [-0.2, -0.15) is 0 Å². The van der Waals surface area contributed by atoms with E-state index >= 15 is 0 Å². The van der Waals surface area contributed by atoms with Gasteiger partial charge in [-0.1, -0.05) is 42.5 Å². The van der Waals surface area contributed by atoms with Crippen LogP contribution in [0.4, 0.5) is 4.39 Å². The maximum atomic E-state index is 13.6. The summed E-state index contributed by atoms with van der Waals surface area (Å²) < 4.78 is 13.6. The first-order chi connectivity index (χ1) is 11.3. The zero-order valence-electron chi connectivity index (χ0n) is 12.7. The maximum Gasteiger partial charge on any atom is 0.125 e. The average Bonchev–Trinajstić information content (AvgIpc) is 2.62. The minimum Gasteiger partial charge on any atom is -0.306 e. The van der Waals surface area contributed by atoms with Gasteiger partial charge in [-0.3, -0.25) is 0 Å². The molecule has 1 aliphatic rings. The highest BCUT2D eigenvalue weighted by Gasteiger charge is 2.18. The number of hydrogen-bond donors (Lipinski definition) is 1. The molecule has 2 aromatic carbocycles. The third-order valence-electron chi connectivity index (χ3n) is 4.25. The van der Waals surface area contributed by atoms with E-state index in [0.29, 0.717) is 5.52 Å². The quantitative estimate of drug-likeness (QED) is 0.698. The molecule has 0 saturated carbocycles. The van der Waals surface area contributed by atoms with Crippen molar-refractivity contribution in [2.24, 2.45) is 0 Å². The highest BCUT2D eigenvalue weighted by Crippen LogP contribution is 2.32. The Balaban J connectivity index is 1.94. The van der Waals surface area contributed by atoms with Crippen molar-refractivity contribution in [1.82, 2.24) is 10.3 Å². The SMILES string of the molecule is Fc1ccc2cc(C3CC=CCN3)c(-c3ccccc3)nc2c1. The van der Waals surface area contributed by atoms with Crippen molar-refractivity contribution >= 4 is 10.9 Å². The van der Waals surface area contributed by atoms with Crippen LogP contribution in [0.15, 0.2) is 66.7 Å². The third kappa shape index (κ3) is 2.76. The van der Waals surface area contributed by atoms with Gasteiger partial charge in [0.05, 0.1) is 11.2 Å². The van der Waals surface area contributed by atoms with Gasteiger partial charge in [0.2, 0.25) is 0 Å². The van der Waals surface area contributed by atoms with E-state index in [2.05, 4.69) is 35.7 Å². The van der Waals surface area contributed by atoms with Crippen molar-refractivity contribution in [3.05, 3.63) is 78.1 Å². The predicted octanol–water partition coefficient (Wildman–Crippen LogP) is 4.63. The summed E-state index contributed by atoms with van der Waals surface area (Å²) in [7, 11) is 0. The van der Waals surface area contributed by atoms with Crippen molar-refractivity contribution in [3.63, 3.8) is 0 Å². The van der Waals surface area contributed by atoms with E-state index in [4.69, 9.17) is 4.98 Å². The molecule has 0 fully saturated rings. The Bertz CT molecular complexity index is 871. The van der Waals surface area contributed by atoms with Crippen LogP contribution in [0.1, 0.15) is 18.0 Å². The number of fused-ring (bicyclic) bond motifs is 1. The largest absolute Gasteiger partial charge is 0.306 e. The van der Waals surface area contributed by atoms with Gasteiger partial charge in [-0.25, -0.2) is 9.37 Å². The second-order valence-corrected chi connectivity index (χ2v) is 5.80. The standard InChI is InChI=1S/C20H17FN2/c21-16-10-9-15-12-17(18-8-4-5-11-22-18)20(23-19(15)13-16)14-6-2-1-3-7-14/h1-7,9-10,12-13,18,22H,8,11H2. The van der Waals surface area contributed by atoms with Gasteiger partial charge in [0.15, 0.2) is 0 Å². The van der Waals surface area contributed by atoms with Gasteiger partial charge >= 0.3 is 0 Å². The lowest BCUT2D eigenvalue weighted by Gasteiger charge is -2.23. The number of aromatic nitrogens is 1. The van der Waals surface area contributed by atoms with Crippen LogP contribution < -0.4 is 5.32 Å². The van der Waals surface area contributed by atoms with E-state index in [-0.39, 0.29) is 11.9 Å². The summed E-state index contributed by atoms with van der Waals surface area (Å²) in [6.45, 7) is 0.861. The van der Waals surface area contributed by atoms with Crippen LogP contribution in [0.3, 0.4) is 0 Å². The first kappa shape index (κ1) is 14.1. The van der Waals surface area contributed by atoms with Gasteiger partial charge in [0.1, 0.15) is 5.82 Å². The van der Waals surface area contributed by atoms with Crippen molar-refractivity contribution in [2.75, 3.05) is 6.54 Å². The topological polar surface area (TPSA) is 24.9 Å². The molecule has 2 nitrogen and oxygen atoms in total. The molecule has 2 heterocycles. The van der Waals surface area contributed by atoms with E-state index in [1.54, 1.807) is 6.07 Å². The lowest BCUT2D eigenvalue weighted by Crippen LogP contribution is -2.24. The second-order valence-electron chi connectivity index (χ2n) is 5.80. The molecule has 3 aromatic rings. The number of nitrogens with zero attached hydrogens (tertiary/aromatic N) is 1. The molecule has 3 heteroatoms. The molecular weight excluding hydrogens is 287 g/mol. The first-order valence-electron chi connectivity index (χ1n) is 7.85. The zero-order chi connectivity index (χ0) is 15.6. The van der Waals surface area contributed by atoms with Crippen LogP contribution in [-0.4, -0.2) is 11.5 Å². The Labute approximate surface area is 134 Å². The Morgan fingerprint density at radius 2 is 1.87 bits per heavy atom. The molecule has 4 rings (SSSR count). The number of halogens is 1. The van der Waals surface area contributed by atoms with Crippen molar-refractivity contribution in [1.29, 1.82) is 0 Å². The Morgan fingerprint density at radius 3 is 2.65 bits per heavy atom. The summed E-state index contributed by atoms with van der Waals surface area (Å²) in [6, 6.07) is 17.3. The van der Waals surface area contributed by atoms with Crippen LogP contribution in [0.5, 0.6) is 0 Å². The minimum absolute atomic E-state index is 0.233. The van der Waals surface area contributed by atoms with Crippen molar-refractivity contribution in [2.45, 2.75) is 12.5 Å². The number of pyridine rings is 1. The van der Waals surface area contributed by atoms with Crippen LogP contribution in [-0.2, 0) is 0 Å². The lowest BCUT2D eigenvalue weighted by atomic mass is 9.94. The van der Waals surface area contributed by atoms with Gasteiger partial charge in [-0.15, -0.1) is 0 Å². The molecule has 1 aliphatic heterocycles. The van der Waals surface area contributed by atoms with Crippen LogP contribution in [0.25, 0.3) is 22.2 Å². The number of nitrogens with one attached hydrogen (secondary N) is 1. The molecule has 0 saturated heterocycles. The fraction of sp³-hybridized carbons (Fsp3) is 0.150. The average molecular weight is 304 g/mol. The highest BCUT2D eigenvalue weighted by molar-refractivity contribution is 5.83. The zero-order valence-corrected chi connectivity index (χ0v) is 12.7. The fourth-order valence-corrected chi connectivity index (χ4v) is 3.10. The third-order valence-corrected chi connectivity index (χ3v) is 4.25. The molecule has 0 amide bonds. The van der Waals surface area contributed by atoms with Crippen LogP contribution in [0, 0.1) is 5.82 Å². The summed E-state index contributed by atoms with van der Waals surface area (Å²) in [5, 5.41) is 4.49. The summed E-state index contributed by atoms with van der Waals surface area (Å²) >= 11 is 0. The highest BCUT2D eigenvalue weighted by atomic mass is 19.1. The minimum atomic E-state index is -0.254. The summed E-state index contributed by atoms with van der Waals surface area (Å²) in [4.78, 5) is 4.78. The van der Waals surface area contributed by atoms with Gasteiger partial charge in [0.25, 0.3) is 0 Å². The molecule has 1 atom stereocenters. The Kier molecular flexibility index (Phi) is 3.64. The smallest absolute Gasteiger partial charge is 0.125 e. The predicted molar refractivity (Wildman–Crippen MR) is 91.6 cm³/mol. The van der Waals surface area contributed by atoms with Crippen LogP contribution >= 0.6 is 0 Å². The summed E-state index contributed by atoms with van der Waals surface area (Å²) in [5.74, 6) is -0.254. The van der Waals surface area contributed by atoms with E-state index < -0.39 is 0 Å². The van der Waals surface area contributed by atoms with E-state index in [0.717, 1.165) is 29.6 Å². The van der Waals surface area contributed by atoms with Crippen molar-refractivity contribution in [3.8, 4) is 11.3 Å². The van der Waals surface area contributed by atoms with E-state index in [1.807, 2.05) is 18.2 Å². The van der Waals surface area contributed by atoms with E-state index in [9.17, 15) is 4.39 Å². The Morgan fingerprint density at radius 1 is 1.00 bits per heavy atom. The maximum absolute atomic E-state index is 13.6. The summed E-state index contributed by atoms with van der Waals surface area (Å²) in [5.41, 5.74) is 3.85. The first-order valence-corrected chi connectivity index (χ1v) is 7.85. The van der Waals surface area contributed by atoms with Crippen molar-refractivity contribution < 1.29 is 4.39 Å². The molecule has 0 aliphatic carbocycles. The van der Waals surface area contributed by atoms with Gasteiger partial charge in [0, 0.05) is 29.6 Å². The molecule has 0 bridgehead atoms. The molecule has 1 unspecified atom stereocenters. The summed E-state index contributed by atoms with van der Waals surface area (Å²) in [6.07, 6.45) is 5.28. The molecule has 0 spiro atoms. The van der Waals surface area contributed by atoms with Gasteiger partial charge < -0.3 is 5.32 Å². The lowest BCUT2D eigenvalue weighted by molar-refractivity contribution is 0.555. The van der Waals surface area contributed by atoms with Gasteiger partial charge in [-0.05, 0) is 30.2 Å². The molecule has 1 aromatic heterocycles. The number of rotatable bonds is 2. The molecule has 0 radical (unpaired) electrons. The fourth-order valence-electron chi connectivity index (χ4n) is 3.10. The Hall–Kier alpha value is -2.52. The number of hydrogen-bond acceptors (Lipinski definition) is 2. The monoisotopic (exact) mass is 304 g/mol. The van der Waals surface area contributed by atoms with E-state index in [1.165, 1.54) is 17.7 Å². The molecule has 23 heavy (non-hydrogen) atoms. The van der Waals surface area contributed by atoms with Crippen LogP contribution in [0.2, 0.25) is 0 Å². The number of benzene rings is 2. The second kappa shape index (κ2) is 5.94. The normalized spacial score (nSPS) is 17.5. The molecule has 114 valence electrons. The molecule has 1 N–H and O–H groups in total. The molecular formula is C20H17FN2.